The Morgan fingerprint density at radius 1 is 0.765 bits per heavy atom. The molecule has 0 N–H and O–H groups in total. The van der Waals surface area contributed by atoms with Crippen molar-refractivity contribution in [3.63, 3.8) is 0 Å². The van der Waals surface area contributed by atoms with E-state index in [2.05, 4.69) is 18.7 Å². The van der Waals surface area contributed by atoms with Gasteiger partial charge in [0.2, 0.25) is 0 Å². The number of hydrogen-bond donors (Lipinski definition) is 0. The lowest BCUT2D eigenvalue weighted by molar-refractivity contribution is 0.0603. The summed E-state index contributed by atoms with van der Waals surface area (Å²) in [5.74, 6) is 3.10. The Hall–Kier alpha value is -0.0400. The molecule has 1 saturated carbocycles. The van der Waals surface area contributed by atoms with Crippen LogP contribution in [-0.4, -0.2) is 24.5 Å². The summed E-state index contributed by atoms with van der Waals surface area (Å²) in [4.78, 5) is 2.60. The van der Waals surface area contributed by atoms with Gasteiger partial charge in [-0.1, -0.05) is 52.4 Å². The van der Waals surface area contributed by atoms with Crippen molar-refractivity contribution in [2.45, 2.75) is 65.2 Å². The summed E-state index contributed by atoms with van der Waals surface area (Å²) < 4.78 is 0. The summed E-state index contributed by atoms with van der Waals surface area (Å²) in [5.41, 5.74) is 0. The Morgan fingerprint density at radius 2 is 1.35 bits per heavy atom. The van der Waals surface area contributed by atoms with Crippen LogP contribution in [0.5, 0.6) is 0 Å². The van der Waals surface area contributed by atoms with Gasteiger partial charge in [-0.25, -0.2) is 0 Å². The maximum absolute atomic E-state index is 2.60. The number of rotatable bonds is 0. The first-order valence-electron chi connectivity index (χ1n) is 7.98. The first kappa shape index (κ1) is 13.4. The van der Waals surface area contributed by atoms with E-state index in [4.69, 9.17) is 0 Å². The van der Waals surface area contributed by atoms with E-state index >= 15 is 0 Å². The molecule has 3 heterocycles. The average Bonchev–Trinajstić information content (AvgIpc) is 2.59. The summed E-state index contributed by atoms with van der Waals surface area (Å²) in [6.07, 6.45) is 11.9. The minimum absolute atomic E-state index is 0.993. The van der Waals surface area contributed by atoms with Crippen LogP contribution in [0.2, 0.25) is 0 Å². The average molecular weight is 237 g/mol. The number of nitrogens with zero attached hydrogens (tertiary/aromatic N) is 1. The molecule has 0 aromatic rings. The zero-order chi connectivity index (χ0) is 12.1. The smallest absolute Gasteiger partial charge is 0.000968 e. The SMILES string of the molecule is CC1CCCCCC1.CC1CN2CCC1CC2. The minimum Gasteiger partial charge on any atom is -0.303 e. The van der Waals surface area contributed by atoms with Gasteiger partial charge in [-0.3, -0.25) is 0 Å². The molecular weight excluding hydrogens is 206 g/mol. The van der Waals surface area contributed by atoms with Crippen molar-refractivity contribution < 1.29 is 0 Å². The summed E-state index contributed by atoms with van der Waals surface area (Å²) in [5, 5.41) is 0. The topological polar surface area (TPSA) is 3.24 Å². The fraction of sp³-hybridized carbons (Fsp3) is 1.00. The zero-order valence-corrected chi connectivity index (χ0v) is 12.0. The van der Waals surface area contributed by atoms with Gasteiger partial charge in [-0.15, -0.1) is 0 Å². The third kappa shape index (κ3) is 4.28. The molecule has 1 atom stereocenters. The molecule has 0 amide bonds. The van der Waals surface area contributed by atoms with Gasteiger partial charge in [0.15, 0.2) is 0 Å². The van der Waals surface area contributed by atoms with Gasteiger partial charge >= 0.3 is 0 Å². The van der Waals surface area contributed by atoms with E-state index in [0.717, 1.165) is 17.8 Å². The van der Waals surface area contributed by atoms with Crippen LogP contribution in [0.1, 0.15) is 65.2 Å². The number of hydrogen-bond acceptors (Lipinski definition) is 1. The van der Waals surface area contributed by atoms with Gasteiger partial charge < -0.3 is 4.90 Å². The maximum Gasteiger partial charge on any atom is 0.000968 e. The first-order chi connectivity index (χ1) is 8.25. The molecule has 3 aliphatic heterocycles. The molecule has 0 aromatic carbocycles. The first-order valence-corrected chi connectivity index (χ1v) is 7.98. The van der Waals surface area contributed by atoms with Gasteiger partial charge in [0, 0.05) is 6.54 Å². The molecule has 0 aromatic heterocycles. The fourth-order valence-corrected chi connectivity index (χ4v) is 3.74. The molecule has 0 spiro atoms. The number of piperidine rings is 3. The third-order valence-electron chi connectivity index (χ3n) is 5.13. The van der Waals surface area contributed by atoms with Gasteiger partial charge in [-0.2, -0.15) is 0 Å². The van der Waals surface area contributed by atoms with E-state index in [-0.39, 0.29) is 0 Å². The highest BCUT2D eigenvalue weighted by Crippen LogP contribution is 2.31. The van der Waals surface area contributed by atoms with Crippen molar-refractivity contribution in [2.75, 3.05) is 19.6 Å². The number of fused-ring (bicyclic) bond motifs is 3. The maximum atomic E-state index is 2.60. The molecule has 4 aliphatic rings. The van der Waals surface area contributed by atoms with Crippen molar-refractivity contribution >= 4 is 0 Å². The fourth-order valence-electron chi connectivity index (χ4n) is 3.74. The molecule has 4 fully saturated rings. The van der Waals surface area contributed by atoms with Crippen LogP contribution in [0.25, 0.3) is 0 Å². The van der Waals surface area contributed by atoms with Crippen molar-refractivity contribution in [3.05, 3.63) is 0 Å². The lowest BCUT2D eigenvalue weighted by atomic mass is 9.80. The Bertz CT molecular complexity index is 198. The van der Waals surface area contributed by atoms with E-state index in [0.29, 0.717) is 0 Å². The predicted octanol–water partition coefficient (Wildman–Crippen LogP) is 4.32. The van der Waals surface area contributed by atoms with E-state index < -0.39 is 0 Å². The molecule has 1 nitrogen and oxygen atoms in total. The van der Waals surface area contributed by atoms with Crippen LogP contribution in [0.15, 0.2) is 0 Å². The summed E-state index contributed by atoms with van der Waals surface area (Å²) in [6, 6.07) is 0. The Labute approximate surface area is 108 Å². The van der Waals surface area contributed by atoms with Gasteiger partial charge in [0.05, 0.1) is 0 Å². The molecule has 3 saturated heterocycles. The monoisotopic (exact) mass is 237 g/mol. The highest BCUT2D eigenvalue weighted by Gasteiger charge is 2.30. The standard InChI is InChI=1S/C8H15N.C8H16/c1-7-6-9-4-2-8(7)3-5-9;1-8-6-4-2-3-5-7-8/h7-8H,2-6H2,1H3;8H,2-7H2,1H3. The van der Waals surface area contributed by atoms with Crippen molar-refractivity contribution in [2.24, 2.45) is 17.8 Å². The Morgan fingerprint density at radius 3 is 1.71 bits per heavy atom. The van der Waals surface area contributed by atoms with Crippen molar-refractivity contribution in [1.82, 2.24) is 4.90 Å². The Kier molecular flexibility index (Phi) is 5.34. The molecule has 1 unspecified atom stereocenters. The van der Waals surface area contributed by atoms with Crippen LogP contribution < -0.4 is 0 Å². The highest BCUT2D eigenvalue weighted by atomic mass is 15.1. The highest BCUT2D eigenvalue weighted by molar-refractivity contribution is 4.83. The second-order valence-corrected chi connectivity index (χ2v) is 6.71. The van der Waals surface area contributed by atoms with Crippen molar-refractivity contribution in [1.29, 1.82) is 0 Å². The van der Waals surface area contributed by atoms with Crippen LogP contribution in [-0.2, 0) is 0 Å². The van der Waals surface area contributed by atoms with Gasteiger partial charge in [0.25, 0.3) is 0 Å². The lowest BCUT2D eigenvalue weighted by Crippen LogP contribution is -2.46. The lowest BCUT2D eigenvalue weighted by Gasteiger charge is -2.43. The quantitative estimate of drug-likeness (QED) is 0.567. The molecule has 4 rings (SSSR count). The molecule has 1 aliphatic carbocycles. The molecule has 1 heteroatoms. The van der Waals surface area contributed by atoms with Crippen molar-refractivity contribution in [3.8, 4) is 0 Å². The van der Waals surface area contributed by atoms with E-state index in [1.165, 1.54) is 71.0 Å². The third-order valence-corrected chi connectivity index (χ3v) is 5.13. The summed E-state index contributed by atoms with van der Waals surface area (Å²) >= 11 is 0. The molecule has 2 bridgehead atoms. The van der Waals surface area contributed by atoms with E-state index in [9.17, 15) is 0 Å². The Balaban J connectivity index is 0.000000128. The second-order valence-electron chi connectivity index (χ2n) is 6.71. The normalized spacial score (nSPS) is 38.1. The van der Waals surface area contributed by atoms with E-state index in [1.807, 2.05) is 0 Å². The molecule has 100 valence electrons. The molecular formula is C16H31N. The molecule has 17 heavy (non-hydrogen) atoms. The summed E-state index contributed by atoms with van der Waals surface area (Å²) in [7, 11) is 0. The predicted molar refractivity (Wildman–Crippen MR) is 75.2 cm³/mol. The van der Waals surface area contributed by atoms with Crippen LogP contribution in [0, 0.1) is 17.8 Å². The largest absolute Gasteiger partial charge is 0.303 e. The van der Waals surface area contributed by atoms with Gasteiger partial charge in [-0.05, 0) is 43.7 Å². The van der Waals surface area contributed by atoms with E-state index in [1.54, 1.807) is 0 Å². The minimum atomic E-state index is 0.993. The van der Waals surface area contributed by atoms with Gasteiger partial charge in [0.1, 0.15) is 0 Å². The second kappa shape index (κ2) is 6.78. The van der Waals surface area contributed by atoms with Crippen LogP contribution >= 0.6 is 0 Å². The van der Waals surface area contributed by atoms with Crippen LogP contribution in [0.3, 0.4) is 0 Å². The molecule has 0 radical (unpaired) electrons. The summed E-state index contributed by atoms with van der Waals surface area (Å²) in [6.45, 7) is 8.93. The van der Waals surface area contributed by atoms with Crippen LogP contribution in [0.4, 0.5) is 0 Å². The zero-order valence-electron chi connectivity index (χ0n) is 12.0.